The fourth-order valence-corrected chi connectivity index (χ4v) is 6.92. The summed E-state index contributed by atoms with van der Waals surface area (Å²) in [5.74, 6) is 1.82. The van der Waals surface area contributed by atoms with Crippen LogP contribution < -0.4 is 10.1 Å². The van der Waals surface area contributed by atoms with E-state index in [1.807, 2.05) is 12.1 Å². The van der Waals surface area contributed by atoms with Gasteiger partial charge in [0.2, 0.25) is 0 Å². The fourth-order valence-electron chi connectivity index (χ4n) is 5.24. The number of allylic oxidation sites excluding steroid dienone is 1. The summed E-state index contributed by atoms with van der Waals surface area (Å²) in [5.41, 5.74) is 2.01. The molecule has 194 valence electrons. The molecule has 1 aromatic heterocycles. The number of nitrogens with zero attached hydrogens (tertiary/aromatic N) is 3. The summed E-state index contributed by atoms with van der Waals surface area (Å²) in [4.78, 5) is 24.2. The van der Waals surface area contributed by atoms with Gasteiger partial charge >= 0.3 is 0 Å². The molecule has 2 fully saturated rings. The monoisotopic (exact) mass is 540 g/mol. The van der Waals surface area contributed by atoms with Crippen LogP contribution in [0.1, 0.15) is 31.2 Å². The summed E-state index contributed by atoms with van der Waals surface area (Å²) in [5, 5.41) is 4.66. The predicted molar refractivity (Wildman–Crippen MR) is 149 cm³/mol. The highest BCUT2D eigenvalue weighted by Crippen LogP contribution is 2.35. The van der Waals surface area contributed by atoms with Crippen LogP contribution in [-0.4, -0.2) is 57.9 Å². The molecule has 2 atom stereocenters. The van der Waals surface area contributed by atoms with Crippen LogP contribution in [0.2, 0.25) is 5.02 Å². The standard InChI is InChI=1S/C28H30ClFN4O2S/c1-36-26-16-24-21(28(32-17-31-24)33-19-8-9-23(30)22(29)15-19)14-18(26)13-20(35)5-4-10-34-11-12-37-27-7-3-2-6-25(27)34/h4-5,8-9,14-17,25,27H,2-3,6-7,10-13H2,1H3,(H,31,32,33)/b5-4+. The summed E-state index contributed by atoms with van der Waals surface area (Å²) in [6.45, 7) is 1.89. The summed E-state index contributed by atoms with van der Waals surface area (Å²) in [6.07, 6.45) is 10.6. The third-order valence-corrected chi connectivity index (χ3v) is 8.76. The molecule has 1 aliphatic heterocycles. The summed E-state index contributed by atoms with van der Waals surface area (Å²) in [6, 6.07) is 8.70. The Morgan fingerprint density at radius 1 is 1.27 bits per heavy atom. The third kappa shape index (κ3) is 6.08. The van der Waals surface area contributed by atoms with Crippen LogP contribution in [-0.2, 0) is 11.2 Å². The van der Waals surface area contributed by atoms with Crippen molar-refractivity contribution in [3.05, 3.63) is 65.2 Å². The zero-order valence-corrected chi connectivity index (χ0v) is 22.3. The van der Waals surface area contributed by atoms with Crippen LogP contribution in [0.15, 0.2) is 48.8 Å². The Kier molecular flexibility index (Phi) is 8.27. The molecule has 6 nitrogen and oxygen atoms in total. The first kappa shape index (κ1) is 25.9. The molecule has 2 unspecified atom stereocenters. The van der Waals surface area contributed by atoms with E-state index in [9.17, 15) is 9.18 Å². The van der Waals surface area contributed by atoms with E-state index in [-0.39, 0.29) is 17.2 Å². The lowest BCUT2D eigenvalue weighted by Gasteiger charge is -2.43. The summed E-state index contributed by atoms with van der Waals surface area (Å²) >= 11 is 8.05. The maximum absolute atomic E-state index is 13.6. The fraction of sp³-hybridized carbons (Fsp3) is 0.393. The lowest BCUT2D eigenvalue weighted by Crippen LogP contribution is -2.48. The first-order valence-corrected chi connectivity index (χ1v) is 14.0. The van der Waals surface area contributed by atoms with Crippen molar-refractivity contribution in [1.29, 1.82) is 0 Å². The van der Waals surface area contributed by atoms with Gasteiger partial charge in [0, 0.05) is 59.3 Å². The second-order valence-electron chi connectivity index (χ2n) is 9.46. The highest BCUT2D eigenvalue weighted by molar-refractivity contribution is 8.00. The van der Waals surface area contributed by atoms with E-state index in [0.29, 0.717) is 28.8 Å². The van der Waals surface area contributed by atoms with E-state index in [4.69, 9.17) is 16.3 Å². The number of aromatic nitrogens is 2. The molecule has 0 spiro atoms. The molecular formula is C28H30ClFN4O2S. The largest absolute Gasteiger partial charge is 0.496 e. The van der Waals surface area contributed by atoms with Gasteiger partial charge in [-0.05, 0) is 43.2 Å². The number of ketones is 1. The highest BCUT2D eigenvalue weighted by Gasteiger charge is 2.32. The summed E-state index contributed by atoms with van der Waals surface area (Å²) in [7, 11) is 1.58. The Hall–Kier alpha value is -2.68. The van der Waals surface area contributed by atoms with E-state index in [1.165, 1.54) is 49.9 Å². The Morgan fingerprint density at radius 3 is 2.97 bits per heavy atom. The molecule has 2 heterocycles. The molecule has 2 aromatic carbocycles. The van der Waals surface area contributed by atoms with Crippen LogP contribution in [0.25, 0.3) is 10.9 Å². The molecule has 0 amide bonds. The minimum Gasteiger partial charge on any atom is -0.496 e. The van der Waals surface area contributed by atoms with Crippen molar-refractivity contribution in [2.45, 2.75) is 43.4 Å². The lowest BCUT2D eigenvalue weighted by atomic mass is 9.93. The quantitative estimate of drug-likeness (QED) is 0.341. The average molecular weight is 541 g/mol. The second kappa shape index (κ2) is 11.8. The van der Waals surface area contributed by atoms with Gasteiger partial charge in [-0.2, -0.15) is 11.8 Å². The van der Waals surface area contributed by atoms with Crippen LogP contribution in [0.4, 0.5) is 15.9 Å². The maximum Gasteiger partial charge on any atom is 0.159 e. The van der Waals surface area contributed by atoms with Gasteiger partial charge in [0.05, 0.1) is 17.6 Å². The zero-order chi connectivity index (χ0) is 25.8. The number of ether oxygens (including phenoxy) is 1. The van der Waals surface area contributed by atoms with Gasteiger partial charge in [-0.25, -0.2) is 14.4 Å². The number of hydrogen-bond donors (Lipinski definition) is 1. The molecule has 1 N–H and O–H groups in total. The topological polar surface area (TPSA) is 67.4 Å². The number of thioether (sulfide) groups is 1. The number of carbonyl (C=O) groups excluding carboxylic acids is 1. The minimum atomic E-state index is -0.490. The molecule has 2 aliphatic rings. The number of nitrogens with one attached hydrogen (secondary N) is 1. The van der Waals surface area contributed by atoms with E-state index < -0.39 is 5.82 Å². The van der Waals surface area contributed by atoms with Crippen LogP contribution in [0, 0.1) is 5.82 Å². The number of carbonyl (C=O) groups is 1. The number of benzene rings is 2. The van der Waals surface area contributed by atoms with Crippen LogP contribution in [0.5, 0.6) is 5.75 Å². The number of rotatable bonds is 8. The first-order valence-electron chi connectivity index (χ1n) is 12.6. The number of fused-ring (bicyclic) bond motifs is 2. The average Bonchev–Trinajstić information content (AvgIpc) is 2.91. The lowest BCUT2D eigenvalue weighted by molar-refractivity contribution is -0.114. The SMILES string of the molecule is COc1cc2ncnc(Nc3ccc(F)c(Cl)c3)c2cc1CC(=O)/C=C/CN1CCSC2CCCCC21. The van der Waals surface area contributed by atoms with E-state index >= 15 is 0 Å². The smallest absolute Gasteiger partial charge is 0.159 e. The van der Waals surface area contributed by atoms with Crippen molar-refractivity contribution in [1.82, 2.24) is 14.9 Å². The van der Waals surface area contributed by atoms with Gasteiger partial charge in [-0.1, -0.05) is 30.5 Å². The molecule has 37 heavy (non-hydrogen) atoms. The minimum absolute atomic E-state index is 0.0147. The molecule has 1 aliphatic carbocycles. The van der Waals surface area contributed by atoms with Crippen molar-refractivity contribution >= 4 is 51.6 Å². The van der Waals surface area contributed by atoms with Gasteiger partial charge in [0.25, 0.3) is 0 Å². The van der Waals surface area contributed by atoms with Gasteiger partial charge in [-0.15, -0.1) is 0 Å². The number of halogens is 2. The predicted octanol–water partition coefficient (Wildman–Crippen LogP) is 6.20. The Labute approximate surface area is 225 Å². The Balaban J connectivity index is 1.31. The Morgan fingerprint density at radius 2 is 2.14 bits per heavy atom. The highest BCUT2D eigenvalue weighted by atomic mass is 35.5. The molecule has 0 bridgehead atoms. The molecule has 0 radical (unpaired) electrons. The van der Waals surface area contributed by atoms with Crippen molar-refractivity contribution in [3.63, 3.8) is 0 Å². The molecule has 1 saturated heterocycles. The van der Waals surface area contributed by atoms with Crippen LogP contribution in [0.3, 0.4) is 0 Å². The van der Waals surface area contributed by atoms with Crippen molar-refractivity contribution in [2.24, 2.45) is 0 Å². The van der Waals surface area contributed by atoms with Gasteiger partial charge in [-0.3, -0.25) is 9.69 Å². The van der Waals surface area contributed by atoms with E-state index in [0.717, 1.165) is 29.3 Å². The number of hydrogen-bond acceptors (Lipinski definition) is 7. The van der Waals surface area contributed by atoms with E-state index in [1.54, 1.807) is 25.3 Å². The molecule has 1 saturated carbocycles. The molecule has 3 aromatic rings. The van der Waals surface area contributed by atoms with E-state index in [2.05, 4.69) is 31.9 Å². The van der Waals surface area contributed by atoms with Gasteiger partial charge in [0.1, 0.15) is 23.7 Å². The maximum atomic E-state index is 13.6. The van der Waals surface area contributed by atoms with Crippen molar-refractivity contribution < 1.29 is 13.9 Å². The van der Waals surface area contributed by atoms with Gasteiger partial charge < -0.3 is 10.1 Å². The molecular weight excluding hydrogens is 511 g/mol. The molecule has 5 rings (SSSR count). The normalized spacial score (nSPS) is 20.2. The van der Waals surface area contributed by atoms with Crippen molar-refractivity contribution in [3.8, 4) is 5.75 Å². The van der Waals surface area contributed by atoms with Gasteiger partial charge in [0.15, 0.2) is 5.78 Å². The second-order valence-corrected chi connectivity index (χ2v) is 11.2. The zero-order valence-electron chi connectivity index (χ0n) is 20.8. The number of anilines is 2. The number of methoxy groups -OCH3 is 1. The first-order chi connectivity index (χ1) is 18.0. The van der Waals surface area contributed by atoms with Crippen molar-refractivity contribution in [2.75, 3.05) is 31.3 Å². The van der Waals surface area contributed by atoms with Crippen LogP contribution >= 0.6 is 23.4 Å². The third-order valence-electron chi connectivity index (χ3n) is 7.08. The Bertz CT molecular complexity index is 1320. The molecule has 9 heteroatoms. The summed E-state index contributed by atoms with van der Waals surface area (Å²) < 4.78 is 19.1.